The fourth-order valence-corrected chi connectivity index (χ4v) is 1.84. The number of rotatable bonds is 2. The number of phenols is 2. The van der Waals surface area contributed by atoms with Crippen molar-refractivity contribution in [3.8, 4) is 11.5 Å². The predicted molar refractivity (Wildman–Crippen MR) is 53.0 cm³/mol. The number of carboxylic acids is 1. The van der Waals surface area contributed by atoms with Crippen LogP contribution in [0, 0.1) is 12.7 Å². The molecule has 0 heterocycles. The summed E-state index contributed by atoms with van der Waals surface area (Å²) < 4.78 is 13.7. The number of aryl methyl sites for hydroxylation is 1. The molecule has 2 rings (SSSR count). The molecule has 0 saturated heterocycles. The quantitative estimate of drug-likeness (QED) is 0.670. The van der Waals surface area contributed by atoms with E-state index in [2.05, 4.69) is 0 Å². The number of phenolic OH excluding ortho intramolecular Hbond substituents is 2. The first-order chi connectivity index (χ1) is 7.40. The van der Waals surface area contributed by atoms with Gasteiger partial charge in [0.2, 0.25) is 0 Å². The Morgan fingerprint density at radius 2 is 1.94 bits per heavy atom. The molecule has 1 aromatic rings. The van der Waals surface area contributed by atoms with Crippen LogP contribution in [0.3, 0.4) is 0 Å². The lowest BCUT2D eigenvalue weighted by Gasteiger charge is -2.14. The highest BCUT2D eigenvalue weighted by molar-refractivity contribution is 5.85. The molecule has 86 valence electrons. The molecule has 0 amide bonds. The van der Waals surface area contributed by atoms with Crippen LogP contribution in [-0.2, 0) is 10.2 Å². The molecule has 1 aliphatic carbocycles. The van der Waals surface area contributed by atoms with Crippen LogP contribution in [0.15, 0.2) is 6.07 Å². The van der Waals surface area contributed by atoms with Crippen LogP contribution in [0.25, 0.3) is 0 Å². The molecule has 1 aliphatic rings. The second-order valence-corrected chi connectivity index (χ2v) is 4.14. The van der Waals surface area contributed by atoms with Gasteiger partial charge < -0.3 is 15.3 Å². The van der Waals surface area contributed by atoms with Crippen LogP contribution in [-0.4, -0.2) is 21.3 Å². The van der Waals surface area contributed by atoms with Crippen LogP contribution >= 0.6 is 0 Å². The SMILES string of the molecule is Cc1cc(C2(C(=O)O)CC2)c(F)c(O)c1O. The van der Waals surface area contributed by atoms with Crippen molar-refractivity contribution in [1.29, 1.82) is 0 Å². The predicted octanol–water partition coefficient (Wildman–Crippen LogP) is 1.66. The number of hydrogen-bond donors (Lipinski definition) is 3. The van der Waals surface area contributed by atoms with Gasteiger partial charge in [-0.25, -0.2) is 4.39 Å². The molecular formula is C11H11FO4. The lowest BCUT2D eigenvalue weighted by atomic mass is 9.93. The number of hydrogen-bond acceptors (Lipinski definition) is 3. The molecule has 0 atom stereocenters. The van der Waals surface area contributed by atoms with Gasteiger partial charge in [0.1, 0.15) is 0 Å². The van der Waals surface area contributed by atoms with E-state index in [-0.39, 0.29) is 11.1 Å². The average Bonchev–Trinajstić information content (AvgIpc) is 3.01. The first-order valence-corrected chi connectivity index (χ1v) is 4.85. The Morgan fingerprint density at radius 3 is 2.38 bits per heavy atom. The summed E-state index contributed by atoms with van der Waals surface area (Å²) in [5, 5.41) is 27.6. The van der Waals surface area contributed by atoms with Crippen molar-refractivity contribution < 1.29 is 24.5 Å². The van der Waals surface area contributed by atoms with Gasteiger partial charge in [-0.2, -0.15) is 0 Å². The minimum atomic E-state index is -1.22. The van der Waals surface area contributed by atoms with Crippen molar-refractivity contribution >= 4 is 5.97 Å². The van der Waals surface area contributed by atoms with E-state index in [1.165, 1.54) is 13.0 Å². The lowest BCUT2D eigenvalue weighted by molar-refractivity contribution is -0.140. The van der Waals surface area contributed by atoms with Crippen molar-refractivity contribution in [3.05, 3.63) is 23.0 Å². The van der Waals surface area contributed by atoms with Gasteiger partial charge in [-0.15, -0.1) is 0 Å². The molecule has 16 heavy (non-hydrogen) atoms. The highest BCUT2D eigenvalue weighted by Crippen LogP contribution is 2.51. The zero-order valence-corrected chi connectivity index (χ0v) is 8.62. The van der Waals surface area contributed by atoms with E-state index in [0.29, 0.717) is 12.8 Å². The second-order valence-electron chi connectivity index (χ2n) is 4.14. The third-order valence-corrected chi connectivity index (χ3v) is 3.08. The summed E-state index contributed by atoms with van der Waals surface area (Å²) in [5.41, 5.74) is -1.01. The molecule has 0 aliphatic heterocycles. The van der Waals surface area contributed by atoms with Gasteiger partial charge in [-0.05, 0) is 31.4 Å². The van der Waals surface area contributed by atoms with Gasteiger partial charge in [0.15, 0.2) is 17.3 Å². The lowest BCUT2D eigenvalue weighted by Crippen LogP contribution is -2.21. The van der Waals surface area contributed by atoms with E-state index < -0.39 is 28.7 Å². The van der Waals surface area contributed by atoms with E-state index in [9.17, 15) is 19.4 Å². The summed E-state index contributed by atoms with van der Waals surface area (Å²) in [6, 6.07) is 1.28. The molecule has 0 aromatic heterocycles. The van der Waals surface area contributed by atoms with E-state index >= 15 is 0 Å². The molecule has 0 spiro atoms. The molecule has 1 fully saturated rings. The van der Waals surface area contributed by atoms with E-state index in [4.69, 9.17) is 5.11 Å². The minimum absolute atomic E-state index is 0.0483. The normalized spacial score (nSPS) is 17.1. The van der Waals surface area contributed by atoms with Gasteiger partial charge >= 0.3 is 5.97 Å². The van der Waals surface area contributed by atoms with Crippen molar-refractivity contribution in [3.63, 3.8) is 0 Å². The Balaban J connectivity index is 2.63. The summed E-state index contributed by atoms with van der Waals surface area (Å²) in [6.45, 7) is 1.48. The number of carboxylic acid groups (broad SMARTS) is 1. The Hall–Kier alpha value is -1.78. The van der Waals surface area contributed by atoms with E-state index in [1.54, 1.807) is 0 Å². The zero-order chi connectivity index (χ0) is 12.1. The van der Waals surface area contributed by atoms with Crippen molar-refractivity contribution in [2.45, 2.75) is 25.2 Å². The number of benzene rings is 1. The third-order valence-electron chi connectivity index (χ3n) is 3.08. The Bertz CT molecular complexity index is 477. The van der Waals surface area contributed by atoms with E-state index in [0.717, 1.165) is 0 Å². The van der Waals surface area contributed by atoms with Crippen LogP contribution in [0.5, 0.6) is 11.5 Å². The van der Waals surface area contributed by atoms with Gasteiger partial charge in [0.05, 0.1) is 5.41 Å². The minimum Gasteiger partial charge on any atom is -0.504 e. The van der Waals surface area contributed by atoms with Gasteiger partial charge in [-0.1, -0.05) is 0 Å². The molecule has 0 unspecified atom stereocenters. The summed E-state index contributed by atoms with van der Waals surface area (Å²) in [6.07, 6.45) is 0.700. The monoisotopic (exact) mass is 226 g/mol. The summed E-state index contributed by atoms with van der Waals surface area (Å²) in [5.74, 6) is -3.55. The van der Waals surface area contributed by atoms with Crippen LogP contribution in [0.2, 0.25) is 0 Å². The summed E-state index contributed by atoms with van der Waals surface area (Å²) in [4.78, 5) is 11.0. The van der Waals surface area contributed by atoms with Crippen molar-refractivity contribution in [1.82, 2.24) is 0 Å². The standard InChI is InChI=1S/C11H11FO4/c1-5-4-6(7(12)9(14)8(5)13)11(2-3-11)10(15)16/h4,13-14H,2-3H2,1H3,(H,15,16). The first kappa shape index (κ1) is 10.7. The van der Waals surface area contributed by atoms with Crippen LogP contribution < -0.4 is 0 Å². The fourth-order valence-electron chi connectivity index (χ4n) is 1.84. The van der Waals surface area contributed by atoms with Crippen molar-refractivity contribution in [2.24, 2.45) is 0 Å². The third kappa shape index (κ3) is 1.24. The molecule has 4 nitrogen and oxygen atoms in total. The largest absolute Gasteiger partial charge is 0.504 e. The Labute approximate surface area is 91.0 Å². The summed E-state index contributed by atoms with van der Waals surface area (Å²) in [7, 11) is 0. The molecule has 3 N–H and O–H groups in total. The van der Waals surface area contributed by atoms with Gasteiger partial charge in [-0.3, -0.25) is 4.79 Å². The van der Waals surface area contributed by atoms with Crippen LogP contribution in [0.4, 0.5) is 4.39 Å². The second kappa shape index (κ2) is 3.10. The van der Waals surface area contributed by atoms with Gasteiger partial charge in [0, 0.05) is 5.56 Å². The maximum Gasteiger partial charge on any atom is 0.314 e. The topological polar surface area (TPSA) is 77.8 Å². The zero-order valence-electron chi connectivity index (χ0n) is 8.62. The van der Waals surface area contributed by atoms with E-state index in [1.807, 2.05) is 0 Å². The molecule has 0 bridgehead atoms. The summed E-state index contributed by atoms with van der Waals surface area (Å²) >= 11 is 0. The highest BCUT2D eigenvalue weighted by atomic mass is 19.1. The molecule has 5 heteroatoms. The highest BCUT2D eigenvalue weighted by Gasteiger charge is 2.54. The fraction of sp³-hybridized carbons (Fsp3) is 0.364. The average molecular weight is 226 g/mol. The van der Waals surface area contributed by atoms with Crippen molar-refractivity contribution in [2.75, 3.05) is 0 Å². The molecule has 1 aromatic carbocycles. The number of carbonyl (C=O) groups is 1. The Morgan fingerprint density at radius 1 is 1.38 bits per heavy atom. The Kier molecular flexibility index (Phi) is 2.08. The molecular weight excluding hydrogens is 215 g/mol. The van der Waals surface area contributed by atoms with Crippen LogP contribution in [0.1, 0.15) is 24.0 Å². The van der Waals surface area contributed by atoms with Gasteiger partial charge in [0.25, 0.3) is 0 Å². The molecule has 0 radical (unpaired) electrons. The molecule has 1 saturated carbocycles. The number of aromatic hydroxyl groups is 2. The first-order valence-electron chi connectivity index (χ1n) is 4.85. The maximum absolute atomic E-state index is 13.7. The maximum atomic E-state index is 13.7. The number of halogens is 1. The number of aliphatic carboxylic acids is 1. The smallest absolute Gasteiger partial charge is 0.314 e.